The van der Waals surface area contributed by atoms with Gasteiger partial charge in [-0.2, -0.15) is 0 Å². The maximum Gasteiger partial charge on any atom is 0.292 e. The number of nitrogen functional groups attached to an aromatic ring is 1. The minimum Gasteiger partial charge on any atom is -0.393 e. The largest absolute Gasteiger partial charge is 0.393 e. The van der Waals surface area contributed by atoms with E-state index in [1.165, 1.54) is 30.3 Å². The van der Waals surface area contributed by atoms with Crippen molar-refractivity contribution in [2.24, 2.45) is 0 Å². The second kappa shape index (κ2) is 4.93. The lowest BCUT2D eigenvalue weighted by Crippen LogP contribution is -1.98. The standard InChI is InChI=1S/C13H12FN3O2/c1-8-2-3-9(14)6-12(8)16-10-4-5-13(17(18)19)11(15)7-10/h2-7,16H,15H2,1H3. The highest BCUT2D eigenvalue weighted by atomic mass is 19.1. The number of benzene rings is 2. The van der Waals surface area contributed by atoms with Gasteiger partial charge in [-0.15, -0.1) is 0 Å². The SMILES string of the molecule is Cc1ccc(F)cc1Nc1ccc([N+](=O)[O-])c(N)c1. The zero-order valence-corrected chi connectivity index (χ0v) is 10.2. The number of nitrogens with zero attached hydrogens (tertiary/aromatic N) is 1. The van der Waals surface area contributed by atoms with Crippen LogP contribution in [0, 0.1) is 22.9 Å². The molecule has 0 amide bonds. The average Bonchev–Trinajstić information content (AvgIpc) is 2.33. The van der Waals surface area contributed by atoms with E-state index in [9.17, 15) is 14.5 Å². The summed E-state index contributed by atoms with van der Waals surface area (Å²) in [7, 11) is 0. The molecular weight excluding hydrogens is 249 g/mol. The van der Waals surface area contributed by atoms with Crippen LogP contribution < -0.4 is 11.1 Å². The van der Waals surface area contributed by atoms with E-state index in [2.05, 4.69) is 5.32 Å². The van der Waals surface area contributed by atoms with Crippen LogP contribution in [0.5, 0.6) is 0 Å². The summed E-state index contributed by atoms with van der Waals surface area (Å²) in [6, 6.07) is 8.65. The maximum atomic E-state index is 13.1. The minimum atomic E-state index is -0.549. The van der Waals surface area contributed by atoms with E-state index >= 15 is 0 Å². The fourth-order valence-electron chi connectivity index (χ4n) is 1.68. The van der Waals surface area contributed by atoms with Crippen molar-refractivity contribution in [2.75, 3.05) is 11.1 Å². The fraction of sp³-hybridized carbons (Fsp3) is 0.0769. The van der Waals surface area contributed by atoms with Crippen LogP contribution in [0.1, 0.15) is 5.56 Å². The molecular formula is C13H12FN3O2. The summed E-state index contributed by atoms with van der Waals surface area (Å²) in [5.74, 6) is -0.358. The zero-order chi connectivity index (χ0) is 14.0. The third-order valence-corrected chi connectivity index (χ3v) is 2.70. The minimum absolute atomic E-state index is 0.0593. The molecule has 0 bridgehead atoms. The summed E-state index contributed by atoms with van der Waals surface area (Å²) < 4.78 is 13.1. The Morgan fingerprint density at radius 3 is 2.63 bits per heavy atom. The van der Waals surface area contributed by atoms with Gasteiger partial charge in [0.15, 0.2) is 0 Å². The number of nitro benzene ring substituents is 1. The van der Waals surface area contributed by atoms with Gasteiger partial charge in [-0.1, -0.05) is 6.07 Å². The molecule has 0 aliphatic rings. The quantitative estimate of drug-likeness (QED) is 0.504. The lowest BCUT2D eigenvalue weighted by atomic mass is 10.1. The highest BCUT2D eigenvalue weighted by molar-refractivity contribution is 5.71. The maximum absolute atomic E-state index is 13.1. The zero-order valence-electron chi connectivity index (χ0n) is 10.2. The van der Waals surface area contributed by atoms with Gasteiger partial charge in [-0.3, -0.25) is 10.1 Å². The number of hydrogen-bond acceptors (Lipinski definition) is 4. The number of anilines is 3. The Morgan fingerprint density at radius 1 is 1.26 bits per heavy atom. The third-order valence-electron chi connectivity index (χ3n) is 2.70. The molecule has 98 valence electrons. The Bertz CT molecular complexity index is 644. The second-order valence-corrected chi connectivity index (χ2v) is 4.11. The van der Waals surface area contributed by atoms with Crippen molar-refractivity contribution < 1.29 is 9.31 Å². The molecule has 0 unspecified atom stereocenters. The number of rotatable bonds is 3. The molecule has 2 aromatic carbocycles. The van der Waals surface area contributed by atoms with E-state index in [1.54, 1.807) is 6.07 Å². The molecule has 0 heterocycles. The van der Waals surface area contributed by atoms with E-state index in [-0.39, 0.29) is 17.2 Å². The summed E-state index contributed by atoms with van der Waals surface area (Å²) in [4.78, 5) is 10.1. The van der Waals surface area contributed by atoms with Crippen LogP contribution in [0.2, 0.25) is 0 Å². The Hall–Kier alpha value is -2.63. The summed E-state index contributed by atoms with van der Waals surface area (Å²) in [5.41, 5.74) is 7.51. The van der Waals surface area contributed by atoms with E-state index in [0.29, 0.717) is 11.4 Å². The van der Waals surface area contributed by atoms with Crippen LogP contribution >= 0.6 is 0 Å². The summed E-state index contributed by atoms with van der Waals surface area (Å²) in [6.45, 7) is 1.83. The van der Waals surface area contributed by atoms with Crippen LogP contribution in [0.4, 0.5) is 27.1 Å². The Morgan fingerprint density at radius 2 is 2.00 bits per heavy atom. The van der Waals surface area contributed by atoms with E-state index in [4.69, 9.17) is 5.73 Å². The van der Waals surface area contributed by atoms with Crippen molar-refractivity contribution in [1.82, 2.24) is 0 Å². The molecule has 0 spiro atoms. The van der Waals surface area contributed by atoms with Crippen molar-refractivity contribution in [3.8, 4) is 0 Å². The molecule has 0 aromatic heterocycles. The van der Waals surface area contributed by atoms with Crippen molar-refractivity contribution >= 4 is 22.7 Å². The monoisotopic (exact) mass is 261 g/mol. The van der Waals surface area contributed by atoms with Crippen LogP contribution in [0.3, 0.4) is 0 Å². The van der Waals surface area contributed by atoms with Crippen LogP contribution in [0.25, 0.3) is 0 Å². The van der Waals surface area contributed by atoms with Gasteiger partial charge in [-0.25, -0.2) is 4.39 Å². The van der Waals surface area contributed by atoms with E-state index in [1.807, 2.05) is 6.92 Å². The van der Waals surface area contributed by atoms with E-state index in [0.717, 1.165) is 5.56 Å². The molecule has 0 aliphatic carbocycles. The van der Waals surface area contributed by atoms with Gasteiger partial charge in [0.25, 0.3) is 5.69 Å². The van der Waals surface area contributed by atoms with Gasteiger partial charge >= 0.3 is 0 Å². The van der Waals surface area contributed by atoms with Crippen molar-refractivity contribution in [3.63, 3.8) is 0 Å². The molecule has 5 nitrogen and oxygen atoms in total. The second-order valence-electron chi connectivity index (χ2n) is 4.11. The molecule has 3 N–H and O–H groups in total. The van der Waals surface area contributed by atoms with Gasteiger partial charge in [-0.05, 0) is 36.8 Å². The lowest BCUT2D eigenvalue weighted by molar-refractivity contribution is -0.383. The molecule has 0 radical (unpaired) electrons. The number of nitro groups is 1. The predicted molar refractivity (Wildman–Crippen MR) is 71.9 cm³/mol. The first-order valence-electron chi connectivity index (χ1n) is 5.54. The van der Waals surface area contributed by atoms with Crippen LogP contribution in [-0.2, 0) is 0 Å². The van der Waals surface area contributed by atoms with E-state index < -0.39 is 4.92 Å². The smallest absolute Gasteiger partial charge is 0.292 e. The molecule has 0 saturated carbocycles. The summed E-state index contributed by atoms with van der Waals surface area (Å²) >= 11 is 0. The van der Waals surface area contributed by atoms with Crippen molar-refractivity contribution in [1.29, 1.82) is 0 Å². The average molecular weight is 261 g/mol. The fourth-order valence-corrected chi connectivity index (χ4v) is 1.68. The molecule has 0 atom stereocenters. The van der Waals surface area contributed by atoms with Gasteiger partial charge in [0.2, 0.25) is 0 Å². The molecule has 2 rings (SSSR count). The summed E-state index contributed by atoms with van der Waals surface area (Å²) in [5, 5.41) is 13.6. The predicted octanol–water partition coefficient (Wildman–Crippen LogP) is 3.37. The molecule has 2 aromatic rings. The number of aryl methyl sites for hydroxylation is 1. The lowest BCUT2D eigenvalue weighted by Gasteiger charge is -2.10. The summed E-state index contributed by atoms with van der Waals surface area (Å²) in [6.07, 6.45) is 0. The van der Waals surface area contributed by atoms with Crippen molar-refractivity contribution in [3.05, 3.63) is 57.9 Å². The highest BCUT2D eigenvalue weighted by Gasteiger charge is 2.11. The van der Waals surface area contributed by atoms with Gasteiger partial charge in [0, 0.05) is 17.4 Å². The number of halogens is 1. The molecule has 0 aliphatic heterocycles. The Balaban J connectivity index is 2.31. The van der Waals surface area contributed by atoms with Gasteiger partial charge in [0.1, 0.15) is 11.5 Å². The molecule has 19 heavy (non-hydrogen) atoms. The van der Waals surface area contributed by atoms with Crippen LogP contribution in [0.15, 0.2) is 36.4 Å². The molecule has 0 fully saturated rings. The number of nitrogens with one attached hydrogen (secondary N) is 1. The van der Waals surface area contributed by atoms with Gasteiger partial charge < -0.3 is 11.1 Å². The van der Waals surface area contributed by atoms with Crippen LogP contribution in [-0.4, -0.2) is 4.92 Å². The van der Waals surface area contributed by atoms with Gasteiger partial charge in [0.05, 0.1) is 4.92 Å². The highest BCUT2D eigenvalue weighted by Crippen LogP contribution is 2.28. The Kier molecular flexibility index (Phi) is 3.33. The first-order chi connectivity index (χ1) is 8.97. The normalized spacial score (nSPS) is 10.2. The molecule has 6 heteroatoms. The first-order valence-corrected chi connectivity index (χ1v) is 5.54. The number of hydrogen-bond donors (Lipinski definition) is 2. The number of nitrogens with two attached hydrogens (primary N) is 1. The van der Waals surface area contributed by atoms with Crippen molar-refractivity contribution in [2.45, 2.75) is 6.92 Å². The third kappa shape index (κ3) is 2.79. The topological polar surface area (TPSA) is 81.2 Å². The molecule has 0 saturated heterocycles. The first kappa shape index (κ1) is 12.8. The Labute approximate surface area is 109 Å².